The Hall–Kier alpha value is -0.470. The molecule has 0 radical (unpaired) electrons. The van der Waals surface area contributed by atoms with Crippen molar-refractivity contribution in [3.05, 3.63) is 17.0 Å². The van der Waals surface area contributed by atoms with E-state index in [9.17, 15) is 8.42 Å². The van der Waals surface area contributed by atoms with Crippen LogP contribution in [0.5, 0.6) is 0 Å². The zero-order valence-corrected chi connectivity index (χ0v) is 12.9. The molecule has 0 aliphatic rings. The summed E-state index contributed by atoms with van der Waals surface area (Å²) in [6, 6.07) is 3.53. The van der Waals surface area contributed by atoms with Crippen molar-refractivity contribution >= 4 is 21.4 Å². The van der Waals surface area contributed by atoms with Crippen LogP contribution in [-0.2, 0) is 16.6 Å². The molecule has 0 amide bonds. The summed E-state index contributed by atoms with van der Waals surface area (Å²) in [4.78, 5) is 2.99. The summed E-state index contributed by atoms with van der Waals surface area (Å²) in [6.07, 6.45) is 0. The van der Waals surface area contributed by atoms with Gasteiger partial charge in [-0.25, -0.2) is 8.42 Å². The molecule has 1 aromatic heterocycles. The molecular formula is C11H21N3O2S2. The predicted molar refractivity (Wildman–Crippen MR) is 75.5 cm³/mol. The molecule has 0 fully saturated rings. The van der Waals surface area contributed by atoms with E-state index in [4.69, 9.17) is 0 Å². The number of hydrogen-bond acceptors (Lipinski definition) is 5. The number of hydrogen-bond donors (Lipinski definition) is 1. The fourth-order valence-electron chi connectivity index (χ4n) is 1.38. The standard InChI is InChI=1S/C11H21N3O2S2/c1-12-9-10-5-6-11(17-10)18(15,16)14(4)8-7-13(2)3/h5-6,12H,7-9H2,1-4H3. The largest absolute Gasteiger partial charge is 0.315 e. The molecule has 0 unspecified atom stereocenters. The highest BCUT2D eigenvalue weighted by atomic mass is 32.2. The molecule has 0 bridgehead atoms. The minimum atomic E-state index is -3.33. The van der Waals surface area contributed by atoms with E-state index in [0.29, 0.717) is 23.8 Å². The third kappa shape index (κ3) is 4.03. The highest BCUT2D eigenvalue weighted by Gasteiger charge is 2.22. The molecule has 1 N–H and O–H groups in total. The monoisotopic (exact) mass is 291 g/mol. The first kappa shape index (κ1) is 15.6. The van der Waals surface area contributed by atoms with Crippen LogP contribution >= 0.6 is 11.3 Å². The van der Waals surface area contributed by atoms with Gasteiger partial charge in [-0.3, -0.25) is 0 Å². The third-order valence-corrected chi connectivity index (χ3v) is 5.92. The van der Waals surface area contributed by atoms with Gasteiger partial charge in [0.25, 0.3) is 10.0 Å². The Balaban J connectivity index is 2.77. The Morgan fingerprint density at radius 1 is 1.22 bits per heavy atom. The fraction of sp³-hybridized carbons (Fsp3) is 0.636. The van der Waals surface area contributed by atoms with Crippen LogP contribution in [-0.4, -0.2) is 58.9 Å². The van der Waals surface area contributed by atoms with Crippen LogP contribution in [0.25, 0.3) is 0 Å². The summed E-state index contributed by atoms with van der Waals surface area (Å²) in [5.74, 6) is 0. The quantitative estimate of drug-likeness (QED) is 0.801. The summed E-state index contributed by atoms with van der Waals surface area (Å²) >= 11 is 1.32. The van der Waals surface area contributed by atoms with Gasteiger partial charge in [-0.15, -0.1) is 11.3 Å². The third-order valence-electron chi connectivity index (χ3n) is 2.51. The van der Waals surface area contributed by atoms with Crippen LogP contribution in [0.4, 0.5) is 0 Å². The summed E-state index contributed by atoms with van der Waals surface area (Å²) in [7, 11) is 3.99. The normalized spacial score (nSPS) is 12.6. The number of rotatable bonds is 7. The molecule has 1 rings (SSSR count). The van der Waals surface area contributed by atoms with Crippen molar-refractivity contribution in [1.29, 1.82) is 0 Å². The van der Waals surface area contributed by atoms with Gasteiger partial charge in [-0.2, -0.15) is 4.31 Å². The number of likely N-dealkylation sites (N-methyl/N-ethyl adjacent to an activating group) is 2. The van der Waals surface area contributed by atoms with Gasteiger partial charge in [0.15, 0.2) is 0 Å². The van der Waals surface area contributed by atoms with Crippen LogP contribution < -0.4 is 5.32 Å². The second kappa shape index (κ2) is 6.63. The van der Waals surface area contributed by atoms with E-state index in [1.807, 2.05) is 32.1 Å². The first-order valence-corrected chi connectivity index (χ1v) is 7.98. The summed E-state index contributed by atoms with van der Waals surface area (Å²) in [5, 5.41) is 3.01. The molecule has 18 heavy (non-hydrogen) atoms. The van der Waals surface area contributed by atoms with Crippen LogP contribution in [0, 0.1) is 0 Å². The van der Waals surface area contributed by atoms with Crippen LogP contribution in [0.1, 0.15) is 4.88 Å². The highest BCUT2D eigenvalue weighted by Crippen LogP contribution is 2.24. The van der Waals surface area contributed by atoms with Gasteiger partial charge in [-0.05, 0) is 33.3 Å². The van der Waals surface area contributed by atoms with Crippen molar-refractivity contribution in [2.75, 3.05) is 41.3 Å². The number of nitrogens with one attached hydrogen (secondary N) is 1. The van der Waals surface area contributed by atoms with Gasteiger partial charge in [0.05, 0.1) is 0 Å². The molecule has 0 aromatic carbocycles. The maximum atomic E-state index is 12.3. The minimum Gasteiger partial charge on any atom is -0.315 e. The van der Waals surface area contributed by atoms with Gasteiger partial charge >= 0.3 is 0 Å². The van der Waals surface area contributed by atoms with Gasteiger partial charge < -0.3 is 10.2 Å². The lowest BCUT2D eigenvalue weighted by Crippen LogP contribution is -2.33. The van der Waals surface area contributed by atoms with E-state index in [-0.39, 0.29) is 0 Å². The molecule has 1 heterocycles. The molecule has 0 aliphatic heterocycles. The Morgan fingerprint density at radius 3 is 2.44 bits per heavy atom. The minimum absolute atomic E-state index is 0.411. The first-order chi connectivity index (χ1) is 8.37. The van der Waals surface area contributed by atoms with Crippen molar-refractivity contribution in [3.8, 4) is 0 Å². The van der Waals surface area contributed by atoms with Crippen LogP contribution in [0.2, 0.25) is 0 Å². The zero-order chi connectivity index (χ0) is 13.8. The number of sulfonamides is 1. The lowest BCUT2D eigenvalue weighted by Gasteiger charge is -2.18. The maximum absolute atomic E-state index is 12.3. The second-order valence-electron chi connectivity index (χ2n) is 4.38. The van der Waals surface area contributed by atoms with Gasteiger partial charge in [0.2, 0.25) is 0 Å². The number of thiophene rings is 1. The summed E-state index contributed by atoms with van der Waals surface area (Å²) < 4.78 is 26.3. The van der Waals surface area contributed by atoms with Crippen molar-refractivity contribution in [2.24, 2.45) is 0 Å². The Bertz CT molecular complexity index is 468. The van der Waals surface area contributed by atoms with Crippen LogP contribution in [0.15, 0.2) is 16.3 Å². The second-order valence-corrected chi connectivity index (χ2v) is 7.82. The summed E-state index contributed by atoms with van der Waals surface area (Å²) in [5.41, 5.74) is 0. The average Bonchev–Trinajstić information content (AvgIpc) is 2.75. The molecular weight excluding hydrogens is 270 g/mol. The fourth-order valence-corrected chi connectivity index (χ4v) is 4.12. The van der Waals surface area contributed by atoms with Crippen LogP contribution in [0.3, 0.4) is 0 Å². The molecule has 104 valence electrons. The van der Waals surface area contributed by atoms with E-state index in [2.05, 4.69) is 5.32 Å². The average molecular weight is 291 g/mol. The van der Waals surface area contributed by atoms with Crippen molar-refractivity contribution in [1.82, 2.24) is 14.5 Å². The predicted octanol–water partition coefficient (Wildman–Crippen LogP) is 0.650. The zero-order valence-electron chi connectivity index (χ0n) is 11.3. The molecule has 0 saturated carbocycles. The Labute approximate surface area is 113 Å². The Morgan fingerprint density at radius 2 is 1.89 bits per heavy atom. The molecule has 0 spiro atoms. The first-order valence-electron chi connectivity index (χ1n) is 5.72. The van der Waals surface area contributed by atoms with Gasteiger partial charge in [-0.1, -0.05) is 0 Å². The Kier molecular flexibility index (Phi) is 5.74. The van der Waals surface area contributed by atoms with Crippen molar-refractivity contribution in [3.63, 3.8) is 0 Å². The van der Waals surface area contributed by atoms with Gasteiger partial charge in [0.1, 0.15) is 4.21 Å². The van der Waals surface area contributed by atoms with Gasteiger partial charge in [0, 0.05) is 31.6 Å². The van der Waals surface area contributed by atoms with E-state index in [1.165, 1.54) is 15.6 Å². The molecule has 5 nitrogen and oxygen atoms in total. The number of nitrogens with zero attached hydrogens (tertiary/aromatic N) is 2. The summed E-state index contributed by atoms with van der Waals surface area (Å²) in [6.45, 7) is 1.90. The molecule has 0 atom stereocenters. The lowest BCUT2D eigenvalue weighted by atomic mass is 10.5. The molecule has 0 aliphatic carbocycles. The van der Waals surface area contributed by atoms with E-state index < -0.39 is 10.0 Å². The topological polar surface area (TPSA) is 52.7 Å². The highest BCUT2D eigenvalue weighted by molar-refractivity contribution is 7.91. The SMILES string of the molecule is CNCc1ccc(S(=O)(=O)N(C)CCN(C)C)s1. The molecule has 7 heteroatoms. The van der Waals surface area contributed by atoms with Crippen molar-refractivity contribution < 1.29 is 8.42 Å². The lowest BCUT2D eigenvalue weighted by molar-refractivity contribution is 0.359. The van der Waals surface area contributed by atoms with E-state index >= 15 is 0 Å². The maximum Gasteiger partial charge on any atom is 0.252 e. The molecule has 1 aromatic rings. The smallest absolute Gasteiger partial charge is 0.252 e. The van der Waals surface area contributed by atoms with E-state index in [0.717, 1.165) is 4.88 Å². The van der Waals surface area contributed by atoms with E-state index in [1.54, 1.807) is 13.1 Å². The molecule has 0 saturated heterocycles. The van der Waals surface area contributed by atoms with Crippen molar-refractivity contribution in [2.45, 2.75) is 10.8 Å².